The van der Waals surface area contributed by atoms with Gasteiger partial charge in [0, 0.05) is 40.3 Å². The summed E-state index contributed by atoms with van der Waals surface area (Å²) in [5, 5.41) is 6.65. The van der Waals surface area contributed by atoms with Crippen molar-refractivity contribution in [3.05, 3.63) is 35.9 Å². The highest BCUT2D eigenvalue weighted by Gasteiger charge is 2.00. The van der Waals surface area contributed by atoms with Gasteiger partial charge in [0.25, 0.3) is 0 Å². The Kier molecular flexibility index (Phi) is 9.24. The van der Waals surface area contributed by atoms with Crippen LogP contribution in [0, 0.1) is 0 Å². The summed E-state index contributed by atoms with van der Waals surface area (Å²) in [6.07, 6.45) is 0.995. The van der Waals surface area contributed by atoms with Crippen LogP contribution in [0.1, 0.15) is 5.56 Å². The smallest absolute Gasteiger partial charge is 0.191 e. The summed E-state index contributed by atoms with van der Waals surface area (Å²) in [5.74, 6) is 0.853. The normalized spacial score (nSPS) is 11.7. The molecule has 0 radical (unpaired) electrons. The minimum atomic E-state index is 0.764. The van der Waals surface area contributed by atoms with Gasteiger partial charge in [-0.05, 0) is 19.0 Å². The number of nitrogens with one attached hydrogen (secondary N) is 2. The molecule has 0 unspecified atom stereocenters. The third kappa shape index (κ3) is 8.32. The largest absolute Gasteiger partial charge is 0.383 e. The van der Waals surface area contributed by atoms with Crippen molar-refractivity contribution in [3.63, 3.8) is 0 Å². The van der Waals surface area contributed by atoms with E-state index in [2.05, 4.69) is 51.8 Å². The van der Waals surface area contributed by atoms with Crippen LogP contribution >= 0.6 is 0 Å². The average molecular weight is 292 g/mol. The van der Waals surface area contributed by atoms with Crippen LogP contribution in [0.3, 0.4) is 0 Å². The van der Waals surface area contributed by atoms with Crippen molar-refractivity contribution in [1.29, 1.82) is 0 Å². The summed E-state index contributed by atoms with van der Waals surface area (Å²) in [5.41, 5.74) is 1.33. The molecule has 0 saturated heterocycles. The minimum absolute atomic E-state index is 0.764. The lowest BCUT2D eigenvalue weighted by Crippen LogP contribution is -2.42. The predicted molar refractivity (Wildman–Crippen MR) is 88.9 cm³/mol. The van der Waals surface area contributed by atoms with Gasteiger partial charge >= 0.3 is 0 Å². The van der Waals surface area contributed by atoms with Crippen molar-refractivity contribution in [2.45, 2.75) is 6.42 Å². The van der Waals surface area contributed by atoms with E-state index in [1.165, 1.54) is 5.56 Å². The number of hydrogen-bond donors (Lipinski definition) is 2. The van der Waals surface area contributed by atoms with E-state index in [4.69, 9.17) is 4.74 Å². The lowest BCUT2D eigenvalue weighted by Gasteiger charge is -2.17. The number of nitrogens with zero attached hydrogens (tertiary/aromatic N) is 2. The van der Waals surface area contributed by atoms with Gasteiger partial charge < -0.3 is 20.3 Å². The molecule has 0 saturated carbocycles. The van der Waals surface area contributed by atoms with Crippen molar-refractivity contribution >= 4 is 5.96 Å². The Hall–Kier alpha value is -1.59. The molecule has 118 valence electrons. The molecular weight excluding hydrogens is 264 g/mol. The summed E-state index contributed by atoms with van der Waals surface area (Å²) in [4.78, 5) is 6.46. The van der Waals surface area contributed by atoms with Gasteiger partial charge in [-0.1, -0.05) is 30.3 Å². The van der Waals surface area contributed by atoms with Gasteiger partial charge in [-0.3, -0.25) is 4.99 Å². The Morgan fingerprint density at radius 3 is 2.52 bits per heavy atom. The summed E-state index contributed by atoms with van der Waals surface area (Å²) < 4.78 is 5.06. The fraction of sp³-hybridized carbons (Fsp3) is 0.562. The highest BCUT2D eigenvalue weighted by Crippen LogP contribution is 1.97. The molecule has 1 aromatic rings. The number of benzene rings is 1. The molecule has 0 heterocycles. The molecule has 0 aliphatic rings. The van der Waals surface area contributed by atoms with Crippen LogP contribution in [0.4, 0.5) is 0 Å². The van der Waals surface area contributed by atoms with Crippen molar-refractivity contribution < 1.29 is 4.74 Å². The van der Waals surface area contributed by atoms with E-state index in [1.54, 1.807) is 14.2 Å². The Labute approximate surface area is 128 Å². The third-order valence-electron chi connectivity index (χ3n) is 3.24. The maximum Gasteiger partial charge on any atom is 0.191 e. The van der Waals surface area contributed by atoms with Gasteiger partial charge in [-0.2, -0.15) is 0 Å². The fourth-order valence-corrected chi connectivity index (χ4v) is 1.91. The summed E-state index contributed by atoms with van der Waals surface area (Å²) in [7, 11) is 5.61. The lowest BCUT2D eigenvalue weighted by atomic mass is 10.1. The zero-order valence-electron chi connectivity index (χ0n) is 13.4. The third-order valence-corrected chi connectivity index (χ3v) is 3.24. The molecule has 0 aromatic heterocycles. The van der Waals surface area contributed by atoms with Crippen LogP contribution in [0.25, 0.3) is 0 Å². The minimum Gasteiger partial charge on any atom is -0.383 e. The number of likely N-dealkylation sites (N-methyl/N-ethyl adjacent to an activating group) is 1. The van der Waals surface area contributed by atoms with Crippen LogP contribution in [0.15, 0.2) is 35.3 Å². The first-order valence-corrected chi connectivity index (χ1v) is 7.42. The van der Waals surface area contributed by atoms with Gasteiger partial charge in [0.05, 0.1) is 6.61 Å². The number of aliphatic imine (C=N–C) groups is 1. The number of ether oxygens (including phenoxy) is 1. The van der Waals surface area contributed by atoms with Gasteiger partial charge in [0.2, 0.25) is 0 Å². The molecule has 1 aromatic carbocycles. The molecule has 0 aliphatic carbocycles. The lowest BCUT2D eigenvalue weighted by molar-refractivity contribution is 0.162. The number of methoxy groups -OCH3 is 1. The van der Waals surface area contributed by atoms with Crippen molar-refractivity contribution in [3.8, 4) is 0 Å². The summed E-state index contributed by atoms with van der Waals surface area (Å²) in [6.45, 7) is 4.41. The highest BCUT2D eigenvalue weighted by molar-refractivity contribution is 5.79. The monoisotopic (exact) mass is 292 g/mol. The Balaban J connectivity index is 2.14. The molecule has 5 heteroatoms. The van der Waals surface area contributed by atoms with E-state index >= 15 is 0 Å². The number of guanidine groups is 1. The molecule has 0 spiro atoms. The van der Waals surface area contributed by atoms with E-state index in [9.17, 15) is 0 Å². The van der Waals surface area contributed by atoms with Crippen LogP contribution in [-0.2, 0) is 11.2 Å². The zero-order chi connectivity index (χ0) is 15.3. The van der Waals surface area contributed by atoms with Crippen molar-refractivity contribution in [2.75, 3.05) is 54.0 Å². The van der Waals surface area contributed by atoms with Crippen molar-refractivity contribution in [2.24, 2.45) is 4.99 Å². The molecule has 0 amide bonds. The van der Waals surface area contributed by atoms with Gasteiger partial charge in [0.15, 0.2) is 5.96 Å². The van der Waals surface area contributed by atoms with Crippen LogP contribution in [0.5, 0.6) is 0 Å². The molecule has 0 fully saturated rings. The molecule has 0 bridgehead atoms. The van der Waals surface area contributed by atoms with E-state index < -0.39 is 0 Å². The Bertz CT molecular complexity index is 395. The predicted octanol–water partition coefficient (Wildman–Crippen LogP) is 0.972. The molecule has 1 rings (SSSR count). The topological polar surface area (TPSA) is 48.9 Å². The molecule has 0 aliphatic heterocycles. The molecule has 2 N–H and O–H groups in total. The first kappa shape index (κ1) is 17.5. The second kappa shape index (κ2) is 11.1. The standard InChI is InChI=1S/C16H28N4O/c1-17-16(19-11-12-20(2)13-14-21-3)18-10-9-15-7-5-4-6-8-15/h4-8H,9-14H2,1-3H3,(H2,17,18,19). The Morgan fingerprint density at radius 1 is 1.14 bits per heavy atom. The average Bonchev–Trinajstić information content (AvgIpc) is 2.52. The van der Waals surface area contributed by atoms with E-state index in [0.29, 0.717) is 0 Å². The molecule has 5 nitrogen and oxygen atoms in total. The van der Waals surface area contributed by atoms with E-state index in [0.717, 1.165) is 45.2 Å². The fourth-order valence-electron chi connectivity index (χ4n) is 1.91. The van der Waals surface area contributed by atoms with Gasteiger partial charge in [-0.25, -0.2) is 0 Å². The van der Waals surface area contributed by atoms with Gasteiger partial charge in [0.1, 0.15) is 0 Å². The second-order valence-corrected chi connectivity index (χ2v) is 4.96. The maximum atomic E-state index is 5.06. The van der Waals surface area contributed by atoms with E-state index in [1.807, 2.05) is 6.07 Å². The molecular formula is C16H28N4O. The quantitative estimate of drug-likeness (QED) is 0.526. The van der Waals surface area contributed by atoms with E-state index in [-0.39, 0.29) is 0 Å². The van der Waals surface area contributed by atoms with Crippen LogP contribution in [0.2, 0.25) is 0 Å². The molecule has 21 heavy (non-hydrogen) atoms. The summed E-state index contributed by atoms with van der Waals surface area (Å²) in [6, 6.07) is 10.5. The van der Waals surface area contributed by atoms with Crippen LogP contribution < -0.4 is 10.6 Å². The highest BCUT2D eigenvalue weighted by atomic mass is 16.5. The number of rotatable bonds is 9. The van der Waals surface area contributed by atoms with Crippen molar-refractivity contribution in [1.82, 2.24) is 15.5 Å². The Morgan fingerprint density at radius 2 is 1.86 bits per heavy atom. The maximum absolute atomic E-state index is 5.06. The zero-order valence-corrected chi connectivity index (χ0v) is 13.4. The SMILES string of the molecule is CN=C(NCCc1ccccc1)NCCN(C)CCOC. The second-order valence-electron chi connectivity index (χ2n) is 4.96. The number of hydrogen-bond acceptors (Lipinski definition) is 3. The summed E-state index contributed by atoms with van der Waals surface area (Å²) >= 11 is 0. The van der Waals surface area contributed by atoms with Crippen LogP contribution in [-0.4, -0.2) is 64.9 Å². The van der Waals surface area contributed by atoms with Gasteiger partial charge in [-0.15, -0.1) is 0 Å². The first-order valence-electron chi connectivity index (χ1n) is 7.42. The first-order chi connectivity index (χ1) is 10.3. The molecule has 0 atom stereocenters.